The summed E-state index contributed by atoms with van der Waals surface area (Å²) in [5.74, 6) is 0.611. The lowest BCUT2D eigenvalue weighted by Gasteiger charge is -2.31. The summed E-state index contributed by atoms with van der Waals surface area (Å²) < 4.78 is 5.67. The topological polar surface area (TPSA) is 38.8 Å². The van der Waals surface area contributed by atoms with Gasteiger partial charge in [0, 0.05) is 19.4 Å². The second-order valence-corrected chi connectivity index (χ2v) is 7.03. The molecule has 24 heavy (non-hydrogen) atoms. The molecule has 0 spiro atoms. The number of carbonyl (C=O) groups excluding carboxylic acids is 1. The number of ether oxygens (including phenoxy) is 1. The van der Waals surface area contributed by atoms with E-state index in [-0.39, 0.29) is 12.2 Å². The van der Waals surface area contributed by atoms with Crippen molar-refractivity contribution in [1.29, 1.82) is 0 Å². The van der Waals surface area contributed by atoms with Crippen LogP contribution in [0.4, 0.5) is 0 Å². The Bertz CT molecular complexity index is 493. The minimum absolute atomic E-state index is 0.0972. The van der Waals surface area contributed by atoms with Crippen LogP contribution in [0.15, 0.2) is 30.3 Å². The lowest BCUT2D eigenvalue weighted by molar-refractivity contribution is -0.284. The SMILES string of the molecule is O=C(CC1CCCCC1)N(Cc1ccccc1)OC1CCCCO1. The predicted molar refractivity (Wildman–Crippen MR) is 92.9 cm³/mol. The lowest BCUT2D eigenvalue weighted by atomic mass is 9.87. The van der Waals surface area contributed by atoms with Gasteiger partial charge >= 0.3 is 0 Å². The number of nitrogens with zero attached hydrogens (tertiary/aromatic N) is 1. The zero-order chi connectivity index (χ0) is 16.6. The summed E-state index contributed by atoms with van der Waals surface area (Å²) >= 11 is 0. The van der Waals surface area contributed by atoms with Crippen LogP contribution >= 0.6 is 0 Å². The Balaban J connectivity index is 1.61. The molecule has 1 saturated heterocycles. The van der Waals surface area contributed by atoms with Crippen molar-refractivity contribution in [2.45, 2.75) is 70.6 Å². The van der Waals surface area contributed by atoms with Crippen molar-refractivity contribution in [1.82, 2.24) is 5.06 Å². The predicted octanol–water partition coefficient (Wildman–Crippen LogP) is 4.44. The maximum Gasteiger partial charge on any atom is 0.246 e. The summed E-state index contributed by atoms with van der Waals surface area (Å²) in [5.41, 5.74) is 1.09. The Kier molecular flexibility index (Phi) is 6.67. The first-order chi connectivity index (χ1) is 11.8. The highest BCUT2D eigenvalue weighted by molar-refractivity contribution is 5.75. The molecule has 2 aliphatic rings. The normalized spacial score (nSPS) is 22.2. The first kappa shape index (κ1) is 17.4. The summed E-state index contributed by atoms with van der Waals surface area (Å²) in [6.45, 7) is 1.22. The van der Waals surface area contributed by atoms with Gasteiger partial charge < -0.3 is 4.74 Å². The Morgan fingerprint density at radius 3 is 2.50 bits per heavy atom. The minimum Gasteiger partial charge on any atom is -0.350 e. The van der Waals surface area contributed by atoms with Crippen LogP contribution in [0.5, 0.6) is 0 Å². The summed E-state index contributed by atoms with van der Waals surface area (Å²) in [6, 6.07) is 10.0. The van der Waals surface area contributed by atoms with Gasteiger partial charge in [0.25, 0.3) is 0 Å². The molecular formula is C20H29NO3. The van der Waals surface area contributed by atoms with Crippen molar-refractivity contribution in [2.75, 3.05) is 6.61 Å². The molecule has 3 rings (SSSR count). The second-order valence-electron chi connectivity index (χ2n) is 7.03. The van der Waals surface area contributed by atoms with E-state index in [0.29, 0.717) is 18.9 Å². The molecule has 4 heteroatoms. The van der Waals surface area contributed by atoms with Gasteiger partial charge in [0.05, 0.1) is 6.54 Å². The van der Waals surface area contributed by atoms with Crippen molar-refractivity contribution in [2.24, 2.45) is 5.92 Å². The van der Waals surface area contributed by atoms with Gasteiger partial charge in [0.2, 0.25) is 5.91 Å². The van der Waals surface area contributed by atoms with Crippen LogP contribution in [0.1, 0.15) is 63.4 Å². The molecule has 0 bridgehead atoms. The zero-order valence-electron chi connectivity index (χ0n) is 14.5. The quantitative estimate of drug-likeness (QED) is 0.723. The molecule has 0 N–H and O–H groups in total. The van der Waals surface area contributed by atoms with Crippen molar-refractivity contribution >= 4 is 5.91 Å². The summed E-state index contributed by atoms with van der Waals surface area (Å²) in [6.07, 6.45) is 9.52. The van der Waals surface area contributed by atoms with E-state index in [1.165, 1.54) is 32.1 Å². The molecule has 0 radical (unpaired) electrons. The molecule has 1 aliphatic carbocycles. The standard InChI is InChI=1S/C20H29NO3/c22-19(15-17-9-3-1-4-10-17)21(16-18-11-5-2-6-12-18)24-20-13-7-8-14-23-20/h2,5-6,11-12,17,20H,1,3-4,7-10,13-16H2. The molecule has 2 fully saturated rings. The highest BCUT2D eigenvalue weighted by atomic mass is 16.8. The number of benzene rings is 1. The number of carbonyl (C=O) groups is 1. The van der Waals surface area contributed by atoms with Crippen LogP contribution in [0, 0.1) is 5.92 Å². The third kappa shape index (κ3) is 5.32. The summed E-state index contributed by atoms with van der Waals surface area (Å²) in [7, 11) is 0. The number of rotatable bonds is 6. The fourth-order valence-electron chi connectivity index (χ4n) is 3.61. The smallest absolute Gasteiger partial charge is 0.246 e. The molecule has 132 valence electrons. The van der Waals surface area contributed by atoms with E-state index in [4.69, 9.17) is 9.57 Å². The first-order valence-electron chi connectivity index (χ1n) is 9.44. The second kappa shape index (κ2) is 9.19. The molecule has 1 aromatic carbocycles. The van der Waals surface area contributed by atoms with E-state index in [9.17, 15) is 4.79 Å². The van der Waals surface area contributed by atoms with Crippen LogP contribution in [0.3, 0.4) is 0 Å². The van der Waals surface area contributed by atoms with Gasteiger partial charge in [-0.25, -0.2) is 9.90 Å². The van der Waals surface area contributed by atoms with Gasteiger partial charge in [-0.1, -0.05) is 49.6 Å². The molecule has 1 aliphatic heterocycles. The fourth-order valence-corrected chi connectivity index (χ4v) is 3.61. The van der Waals surface area contributed by atoms with Crippen LogP contribution in [0.25, 0.3) is 0 Å². The Labute approximate surface area is 145 Å². The van der Waals surface area contributed by atoms with Crippen LogP contribution < -0.4 is 0 Å². The molecule has 0 aromatic heterocycles. The molecule has 1 aromatic rings. The number of hydroxylamine groups is 2. The van der Waals surface area contributed by atoms with E-state index in [1.54, 1.807) is 5.06 Å². The van der Waals surface area contributed by atoms with E-state index < -0.39 is 0 Å². The maximum absolute atomic E-state index is 12.8. The van der Waals surface area contributed by atoms with Gasteiger partial charge in [-0.2, -0.15) is 0 Å². The third-order valence-corrected chi connectivity index (χ3v) is 5.02. The van der Waals surface area contributed by atoms with Gasteiger partial charge in [0.1, 0.15) is 0 Å². The number of hydrogen-bond donors (Lipinski definition) is 0. The molecule has 1 atom stereocenters. The van der Waals surface area contributed by atoms with Crippen LogP contribution in [-0.2, 0) is 20.9 Å². The number of hydrogen-bond acceptors (Lipinski definition) is 3. The Morgan fingerprint density at radius 2 is 1.79 bits per heavy atom. The van der Waals surface area contributed by atoms with E-state index in [2.05, 4.69) is 0 Å². The van der Waals surface area contributed by atoms with Gasteiger partial charge in [0.15, 0.2) is 6.29 Å². The highest BCUT2D eigenvalue weighted by Crippen LogP contribution is 2.27. The minimum atomic E-state index is -0.280. The largest absolute Gasteiger partial charge is 0.350 e. The highest BCUT2D eigenvalue weighted by Gasteiger charge is 2.25. The van der Waals surface area contributed by atoms with Gasteiger partial charge in [-0.3, -0.25) is 4.79 Å². The molecule has 1 amide bonds. The van der Waals surface area contributed by atoms with E-state index in [1.807, 2.05) is 30.3 Å². The van der Waals surface area contributed by atoms with Crippen LogP contribution in [0.2, 0.25) is 0 Å². The van der Waals surface area contributed by atoms with Gasteiger partial charge in [-0.05, 0) is 37.2 Å². The molecule has 4 nitrogen and oxygen atoms in total. The Hall–Kier alpha value is -1.39. The lowest BCUT2D eigenvalue weighted by Crippen LogP contribution is -2.38. The van der Waals surface area contributed by atoms with Crippen molar-refractivity contribution in [3.8, 4) is 0 Å². The first-order valence-corrected chi connectivity index (χ1v) is 9.44. The summed E-state index contributed by atoms with van der Waals surface area (Å²) in [5, 5.41) is 1.56. The molecule has 1 unspecified atom stereocenters. The molecule has 1 saturated carbocycles. The van der Waals surface area contributed by atoms with E-state index >= 15 is 0 Å². The average Bonchev–Trinajstić information content (AvgIpc) is 2.64. The maximum atomic E-state index is 12.8. The zero-order valence-corrected chi connectivity index (χ0v) is 14.5. The third-order valence-electron chi connectivity index (χ3n) is 5.02. The van der Waals surface area contributed by atoms with Crippen molar-refractivity contribution in [3.63, 3.8) is 0 Å². The van der Waals surface area contributed by atoms with Gasteiger partial charge in [-0.15, -0.1) is 0 Å². The number of amides is 1. The Morgan fingerprint density at radius 1 is 1.04 bits per heavy atom. The van der Waals surface area contributed by atoms with Crippen LogP contribution in [-0.4, -0.2) is 23.9 Å². The molecular weight excluding hydrogens is 302 g/mol. The molecule has 1 heterocycles. The van der Waals surface area contributed by atoms with Crippen molar-refractivity contribution in [3.05, 3.63) is 35.9 Å². The monoisotopic (exact) mass is 331 g/mol. The van der Waals surface area contributed by atoms with Crippen molar-refractivity contribution < 1.29 is 14.4 Å². The summed E-state index contributed by atoms with van der Waals surface area (Å²) in [4.78, 5) is 18.8. The van der Waals surface area contributed by atoms with E-state index in [0.717, 1.165) is 31.4 Å². The fraction of sp³-hybridized carbons (Fsp3) is 0.650. The average molecular weight is 331 g/mol.